The highest BCUT2D eigenvalue weighted by Crippen LogP contribution is 2.30. The predicted molar refractivity (Wildman–Crippen MR) is 60.6 cm³/mol. The molecule has 0 radical (unpaired) electrons. The summed E-state index contributed by atoms with van der Waals surface area (Å²) in [6.45, 7) is 1.19. The normalized spacial score (nSPS) is 13.2. The molecule has 0 nitrogen and oxygen atoms in total. The molecule has 66 valence electrons. The molecule has 0 amide bonds. The molecule has 0 atom stereocenters. The fourth-order valence-electron chi connectivity index (χ4n) is 0.488. The van der Waals surface area contributed by atoms with Gasteiger partial charge in [0.1, 0.15) is 0 Å². The van der Waals surface area contributed by atoms with E-state index in [1.807, 2.05) is 6.55 Å². The van der Waals surface area contributed by atoms with Crippen LogP contribution in [0.3, 0.4) is 0 Å². The van der Waals surface area contributed by atoms with Crippen LogP contribution in [0.5, 0.6) is 0 Å². The van der Waals surface area contributed by atoms with E-state index in [0.29, 0.717) is 6.04 Å². The Morgan fingerprint density at radius 2 is 1.64 bits per heavy atom. The van der Waals surface area contributed by atoms with Crippen LogP contribution in [-0.2, 0) is 0 Å². The Kier molecular flexibility index (Phi) is 5.09. The molecule has 11 heavy (non-hydrogen) atoms. The van der Waals surface area contributed by atoms with E-state index in [9.17, 15) is 0 Å². The van der Waals surface area contributed by atoms with E-state index < -0.39 is 13.4 Å². The lowest BCUT2D eigenvalue weighted by Crippen LogP contribution is -2.21. The molecule has 0 aromatic carbocycles. The minimum absolute atomic E-state index is 0.704. The van der Waals surface area contributed by atoms with Crippen LogP contribution in [0.25, 0.3) is 0 Å². The minimum atomic E-state index is -2.21. The van der Waals surface area contributed by atoms with Gasteiger partial charge in [-0.1, -0.05) is 5.70 Å². The Morgan fingerprint density at radius 3 is 1.91 bits per heavy atom. The van der Waals surface area contributed by atoms with Gasteiger partial charge < -0.3 is 0 Å². The first kappa shape index (κ1) is 12.3. The van der Waals surface area contributed by atoms with Gasteiger partial charge in [-0.2, -0.15) is 0 Å². The van der Waals surface area contributed by atoms with E-state index in [2.05, 4.69) is 6.58 Å². The second-order valence-electron chi connectivity index (χ2n) is 2.54. The second-order valence-corrected chi connectivity index (χ2v) is 17.8. The van der Waals surface area contributed by atoms with Crippen molar-refractivity contribution in [3.05, 3.63) is 12.3 Å². The molecule has 0 aromatic rings. The highest BCUT2D eigenvalue weighted by atomic mass is 35.7. The highest BCUT2D eigenvalue weighted by Gasteiger charge is 2.30. The molecule has 0 saturated carbocycles. The molecule has 0 aliphatic rings. The monoisotopic (exact) mass is 266 g/mol. The maximum Gasteiger partial charge on any atom is 0.273 e. The molecule has 0 aliphatic carbocycles. The molecule has 6 heteroatoms. The maximum atomic E-state index is 5.92. The number of hydrogen-bond donors (Lipinski definition) is 0. The molecular weight excluding hydrogens is 258 g/mol. The third-order valence-corrected chi connectivity index (χ3v) is 7.53. The average Bonchev–Trinajstić information content (AvgIpc) is 1.83. The third-order valence-electron chi connectivity index (χ3n) is 1.20. The van der Waals surface area contributed by atoms with Crippen LogP contribution in [-0.4, -0.2) is 13.4 Å². The lowest BCUT2D eigenvalue weighted by molar-refractivity contribution is 1.39. The van der Waals surface area contributed by atoms with Crippen molar-refractivity contribution in [1.82, 2.24) is 0 Å². The van der Waals surface area contributed by atoms with Crippen molar-refractivity contribution in [1.29, 1.82) is 0 Å². The molecule has 0 N–H and O–H groups in total. The average molecular weight is 268 g/mol. The van der Waals surface area contributed by atoms with Crippen molar-refractivity contribution < 1.29 is 0 Å². The van der Waals surface area contributed by atoms with Crippen LogP contribution >= 0.6 is 44.3 Å². The van der Waals surface area contributed by atoms with E-state index in [0.717, 1.165) is 6.04 Å². The summed E-state index contributed by atoms with van der Waals surface area (Å²) in [6.07, 6.45) is 0. The van der Waals surface area contributed by atoms with Gasteiger partial charge in [0.2, 0.25) is 6.69 Å². The third kappa shape index (κ3) is 7.69. The van der Waals surface area contributed by atoms with Crippen LogP contribution < -0.4 is 0 Å². The smallest absolute Gasteiger partial charge is 0.146 e. The molecule has 0 saturated heterocycles. The Morgan fingerprint density at radius 1 is 1.18 bits per heavy atom. The van der Waals surface area contributed by atoms with Gasteiger partial charge in [0.15, 0.2) is 0 Å². The summed E-state index contributed by atoms with van der Waals surface area (Å²) in [6, 6.07) is 1.44. The first-order valence-electron chi connectivity index (χ1n) is 3.16. The lowest BCUT2D eigenvalue weighted by Gasteiger charge is -2.14. The Labute approximate surface area is 88.3 Å². The fourth-order valence-corrected chi connectivity index (χ4v) is 7.18. The van der Waals surface area contributed by atoms with E-state index in [1.165, 1.54) is 0 Å². The summed E-state index contributed by atoms with van der Waals surface area (Å²) in [5, 5.41) is 0. The van der Waals surface area contributed by atoms with E-state index in [4.69, 9.17) is 44.3 Å². The predicted octanol–water partition coefficient (Wildman–Crippen LogP) is 4.18. The SMILES string of the molecule is C=C[Si](Cl)(Cl)CC[Si](C)(Cl)Cl. The largest absolute Gasteiger partial charge is 0.273 e. The summed E-state index contributed by atoms with van der Waals surface area (Å²) in [4.78, 5) is 0. The molecule has 0 aliphatic heterocycles. The van der Waals surface area contributed by atoms with Crippen molar-refractivity contribution in [3.8, 4) is 0 Å². The Hall–Kier alpha value is 1.33. The van der Waals surface area contributed by atoms with Gasteiger partial charge in [-0.3, -0.25) is 0 Å². The van der Waals surface area contributed by atoms with Gasteiger partial charge in [-0.25, -0.2) is 0 Å². The van der Waals surface area contributed by atoms with Crippen molar-refractivity contribution in [2.45, 2.75) is 18.6 Å². The fraction of sp³-hybridized carbons (Fsp3) is 0.600. The van der Waals surface area contributed by atoms with Gasteiger partial charge in [-0.05, 0) is 18.6 Å². The summed E-state index contributed by atoms with van der Waals surface area (Å²) < 4.78 is 0. The van der Waals surface area contributed by atoms with Gasteiger partial charge in [-0.15, -0.1) is 50.9 Å². The van der Waals surface area contributed by atoms with Crippen LogP contribution in [0.4, 0.5) is 0 Å². The maximum absolute atomic E-state index is 5.92. The number of hydrogen-bond acceptors (Lipinski definition) is 0. The van der Waals surface area contributed by atoms with E-state index in [-0.39, 0.29) is 0 Å². The Bertz CT molecular complexity index is 140. The van der Waals surface area contributed by atoms with Crippen LogP contribution in [0.15, 0.2) is 12.3 Å². The van der Waals surface area contributed by atoms with E-state index in [1.54, 1.807) is 5.70 Å². The first-order valence-corrected chi connectivity index (χ1v) is 12.2. The zero-order chi connectivity index (χ0) is 9.12. The van der Waals surface area contributed by atoms with Crippen LogP contribution in [0, 0.1) is 0 Å². The van der Waals surface area contributed by atoms with Gasteiger partial charge in [0.25, 0.3) is 6.69 Å². The molecule has 0 spiro atoms. The molecule has 0 heterocycles. The Balaban J connectivity index is 3.79. The summed E-state index contributed by atoms with van der Waals surface area (Å²) in [5.41, 5.74) is 1.63. The van der Waals surface area contributed by atoms with Crippen LogP contribution in [0.2, 0.25) is 18.6 Å². The summed E-state index contributed by atoms with van der Waals surface area (Å²) in [7, 11) is 0. The summed E-state index contributed by atoms with van der Waals surface area (Å²) >= 11 is 23.6. The topological polar surface area (TPSA) is 0 Å². The second kappa shape index (κ2) is 4.54. The van der Waals surface area contributed by atoms with Crippen molar-refractivity contribution >= 4 is 57.7 Å². The van der Waals surface area contributed by atoms with Gasteiger partial charge >= 0.3 is 0 Å². The van der Waals surface area contributed by atoms with Crippen LogP contribution in [0.1, 0.15) is 0 Å². The minimum Gasteiger partial charge on any atom is -0.146 e. The quantitative estimate of drug-likeness (QED) is 0.530. The lowest BCUT2D eigenvalue weighted by atomic mass is 10.9. The van der Waals surface area contributed by atoms with Gasteiger partial charge in [0, 0.05) is 0 Å². The molecular formula is C5H10Cl4Si2. The van der Waals surface area contributed by atoms with Gasteiger partial charge in [0.05, 0.1) is 0 Å². The highest BCUT2D eigenvalue weighted by molar-refractivity contribution is 7.49. The van der Waals surface area contributed by atoms with Crippen molar-refractivity contribution in [2.24, 2.45) is 0 Å². The molecule has 0 aromatic heterocycles. The zero-order valence-corrected chi connectivity index (χ0v) is 11.2. The van der Waals surface area contributed by atoms with Crippen molar-refractivity contribution in [2.75, 3.05) is 0 Å². The molecule has 0 unspecified atom stereocenters. The standard InChI is InChI=1S/C5H10Cl4Si2/c1-3-11(8,9)5-4-10(2,6)7/h3H,1,4-5H2,2H3. The van der Waals surface area contributed by atoms with Crippen molar-refractivity contribution in [3.63, 3.8) is 0 Å². The molecule has 0 bridgehead atoms. The number of halogens is 4. The number of rotatable bonds is 4. The first-order chi connectivity index (χ1) is 4.77. The zero-order valence-electron chi connectivity index (χ0n) is 6.21. The molecule has 0 rings (SSSR count). The van der Waals surface area contributed by atoms with E-state index >= 15 is 0 Å². The molecule has 0 fully saturated rings. The summed E-state index contributed by atoms with van der Waals surface area (Å²) in [5.74, 6) is 0.